The number of hydrogen-bond acceptors (Lipinski definition) is 7. The summed E-state index contributed by atoms with van der Waals surface area (Å²) in [7, 11) is 0. The second-order valence-corrected chi connectivity index (χ2v) is 13.5. The van der Waals surface area contributed by atoms with Crippen LogP contribution in [-0.4, -0.2) is 58.7 Å². The molecule has 2 saturated heterocycles. The Balaban J connectivity index is 1.44. The lowest BCUT2D eigenvalue weighted by Crippen LogP contribution is -2.43. The van der Waals surface area contributed by atoms with E-state index in [1.807, 2.05) is 18.2 Å². The molecule has 6 rings (SSSR count). The smallest absolute Gasteiger partial charge is 0.308 e. The minimum absolute atomic E-state index is 0.0497. The van der Waals surface area contributed by atoms with Crippen molar-refractivity contribution in [2.24, 2.45) is 5.92 Å². The van der Waals surface area contributed by atoms with E-state index in [1.165, 1.54) is 21.2 Å². The number of imide groups is 1. The Morgan fingerprint density at radius 1 is 0.950 bits per heavy atom. The number of para-hydroxylation sites is 1. The minimum atomic E-state index is -0.703. The molecule has 10 heteroatoms. The molecule has 2 fully saturated rings. The zero-order valence-corrected chi connectivity index (χ0v) is 24.3. The van der Waals surface area contributed by atoms with Gasteiger partial charge >= 0.3 is 4.87 Å². The van der Waals surface area contributed by atoms with E-state index in [-0.39, 0.29) is 34.6 Å². The van der Waals surface area contributed by atoms with Gasteiger partial charge in [-0.3, -0.25) is 23.7 Å². The van der Waals surface area contributed by atoms with Crippen LogP contribution >= 0.6 is 23.1 Å². The van der Waals surface area contributed by atoms with Crippen molar-refractivity contribution in [3.63, 3.8) is 0 Å². The van der Waals surface area contributed by atoms with E-state index in [2.05, 4.69) is 32.9 Å². The third-order valence-corrected chi connectivity index (χ3v) is 10.5. The standard InChI is InChI=1S/C30H31N3O5S2/c1-30(2,3)19-11-9-18(10-12-19)22-23-24(27(36)33(26(23)35)20-7-5-4-6-8-20)39-28-25(22)40-29(37)32(28)17-21(34)31-13-15-38-16-14-31/h4-12,22-24H,13-17H2,1-3H3/t22-,23?,24?/m1/s1. The fraction of sp³-hybridized carbons (Fsp3) is 0.400. The molecule has 0 spiro atoms. The molecule has 3 aliphatic heterocycles. The number of rotatable bonds is 4. The van der Waals surface area contributed by atoms with Crippen molar-refractivity contribution in [3.8, 4) is 0 Å². The van der Waals surface area contributed by atoms with Crippen LogP contribution in [0.15, 0.2) is 64.4 Å². The van der Waals surface area contributed by atoms with Crippen LogP contribution in [0.1, 0.15) is 42.7 Å². The Morgan fingerprint density at radius 3 is 2.27 bits per heavy atom. The summed E-state index contributed by atoms with van der Waals surface area (Å²) in [5.41, 5.74) is 2.53. The van der Waals surface area contributed by atoms with Gasteiger partial charge in [0.1, 0.15) is 11.8 Å². The maximum Gasteiger partial charge on any atom is 0.308 e. The molecule has 8 nitrogen and oxygen atoms in total. The third-order valence-electron chi connectivity index (χ3n) is 7.86. The summed E-state index contributed by atoms with van der Waals surface area (Å²) >= 11 is 2.32. The number of anilines is 1. The van der Waals surface area contributed by atoms with E-state index in [4.69, 9.17) is 4.74 Å². The largest absolute Gasteiger partial charge is 0.378 e. The molecule has 0 N–H and O–H groups in total. The second-order valence-electron chi connectivity index (χ2n) is 11.4. The number of nitrogens with zero attached hydrogens (tertiary/aromatic N) is 3. The summed E-state index contributed by atoms with van der Waals surface area (Å²) in [6.07, 6.45) is 0. The number of ether oxygens (including phenoxy) is 1. The Labute approximate surface area is 240 Å². The SMILES string of the molecule is CC(C)(C)c1ccc([C@H]2c3sc(=O)n(CC(=O)N4CCOCC4)c3SC3C(=O)N(c4ccccc4)C(=O)C32)cc1. The van der Waals surface area contributed by atoms with Crippen LogP contribution in [0.3, 0.4) is 0 Å². The number of carbonyl (C=O) groups is 3. The highest BCUT2D eigenvalue weighted by molar-refractivity contribution is 8.00. The van der Waals surface area contributed by atoms with Crippen LogP contribution in [0.2, 0.25) is 0 Å². The van der Waals surface area contributed by atoms with E-state index < -0.39 is 17.1 Å². The molecule has 0 saturated carbocycles. The number of thioether (sulfide) groups is 1. The molecule has 208 valence electrons. The quantitative estimate of drug-likeness (QED) is 0.438. The van der Waals surface area contributed by atoms with Gasteiger partial charge < -0.3 is 9.64 Å². The Kier molecular flexibility index (Phi) is 6.96. The topological polar surface area (TPSA) is 88.9 Å². The lowest BCUT2D eigenvalue weighted by atomic mass is 9.81. The molecular formula is C30H31N3O5S2. The first-order chi connectivity index (χ1) is 19.1. The van der Waals surface area contributed by atoms with Crippen molar-refractivity contribution in [3.05, 3.63) is 80.3 Å². The number of thiazole rings is 1. The first-order valence-electron chi connectivity index (χ1n) is 13.4. The van der Waals surface area contributed by atoms with Gasteiger partial charge in [0.2, 0.25) is 17.7 Å². The number of fused-ring (bicyclic) bond motifs is 2. The number of hydrogen-bond donors (Lipinski definition) is 0. The van der Waals surface area contributed by atoms with Crippen molar-refractivity contribution in [1.82, 2.24) is 9.47 Å². The molecule has 1 aromatic heterocycles. The van der Waals surface area contributed by atoms with Crippen molar-refractivity contribution >= 4 is 46.5 Å². The number of amides is 3. The normalized spacial score (nSPS) is 22.8. The van der Waals surface area contributed by atoms with E-state index in [1.54, 1.807) is 29.2 Å². The van der Waals surface area contributed by atoms with E-state index in [0.717, 1.165) is 27.3 Å². The average molecular weight is 578 g/mol. The lowest BCUT2D eigenvalue weighted by Gasteiger charge is -2.31. The van der Waals surface area contributed by atoms with Gasteiger partial charge in [0, 0.05) is 23.9 Å². The number of benzene rings is 2. The predicted octanol–water partition coefficient (Wildman–Crippen LogP) is 3.86. The summed E-state index contributed by atoms with van der Waals surface area (Å²) in [6, 6.07) is 17.1. The fourth-order valence-corrected chi connectivity index (χ4v) is 8.46. The predicted molar refractivity (Wildman–Crippen MR) is 155 cm³/mol. The van der Waals surface area contributed by atoms with Crippen LogP contribution in [-0.2, 0) is 31.1 Å². The van der Waals surface area contributed by atoms with Gasteiger partial charge in [-0.25, -0.2) is 4.90 Å². The van der Waals surface area contributed by atoms with Gasteiger partial charge in [0.25, 0.3) is 0 Å². The van der Waals surface area contributed by atoms with Gasteiger partial charge in [-0.15, -0.1) is 0 Å². The number of carbonyl (C=O) groups excluding carboxylic acids is 3. The monoisotopic (exact) mass is 577 g/mol. The molecule has 3 atom stereocenters. The van der Waals surface area contributed by atoms with Gasteiger partial charge in [-0.05, 0) is 28.7 Å². The molecule has 2 aromatic carbocycles. The third kappa shape index (κ3) is 4.61. The lowest BCUT2D eigenvalue weighted by molar-refractivity contribution is -0.136. The van der Waals surface area contributed by atoms with E-state index >= 15 is 0 Å². The van der Waals surface area contributed by atoms with Crippen molar-refractivity contribution in [1.29, 1.82) is 0 Å². The zero-order valence-electron chi connectivity index (χ0n) is 22.7. The first kappa shape index (κ1) is 27.0. The zero-order chi connectivity index (χ0) is 28.2. The van der Waals surface area contributed by atoms with Crippen LogP contribution in [0.25, 0.3) is 0 Å². The Bertz CT molecular complexity index is 1520. The molecule has 4 heterocycles. The summed E-state index contributed by atoms with van der Waals surface area (Å²) in [5, 5.41) is -0.0925. The van der Waals surface area contributed by atoms with Crippen LogP contribution < -0.4 is 9.77 Å². The maximum absolute atomic E-state index is 14.0. The summed E-state index contributed by atoms with van der Waals surface area (Å²) in [6.45, 7) is 8.23. The van der Waals surface area contributed by atoms with Gasteiger partial charge in [0.15, 0.2) is 0 Å². The fourth-order valence-electron chi connectivity index (χ4n) is 5.68. The molecule has 3 aliphatic rings. The molecule has 0 bridgehead atoms. The summed E-state index contributed by atoms with van der Waals surface area (Å²) in [4.78, 5) is 57.8. The summed E-state index contributed by atoms with van der Waals surface area (Å²) in [5.74, 6) is -1.84. The Hall–Kier alpha value is -3.21. The van der Waals surface area contributed by atoms with Crippen LogP contribution in [0.4, 0.5) is 5.69 Å². The molecule has 3 amide bonds. The van der Waals surface area contributed by atoms with Gasteiger partial charge in [0.05, 0.1) is 29.8 Å². The first-order valence-corrected chi connectivity index (χ1v) is 15.1. The average Bonchev–Trinajstić information content (AvgIpc) is 3.39. The molecule has 3 aromatic rings. The van der Waals surface area contributed by atoms with E-state index in [9.17, 15) is 19.2 Å². The van der Waals surface area contributed by atoms with Crippen LogP contribution in [0.5, 0.6) is 0 Å². The molecular weight excluding hydrogens is 546 g/mol. The van der Waals surface area contributed by atoms with Crippen LogP contribution in [0, 0.1) is 5.92 Å². The molecule has 0 radical (unpaired) electrons. The number of aromatic nitrogens is 1. The van der Waals surface area contributed by atoms with Crippen molar-refractivity contribution < 1.29 is 19.1 Å². The highest BCUT2D eigenvalue weighted by atomic mass is 32.2. The Morgan fingerprint density at radius 2 is 1.62 bits per heavy atom. The maximum atomic E-state index is 14.0. The highest BCUT2D eigenvalue weighted by Crippen LogP contribution is 2.54. The van der Waals surface area contributed by atoms with Gasteiger partial charge in [-0.1, -0.05) is 86.3 Å². The summed E-state index contributed by atoms with van der Waals surface area (Å²) < 4.78 is 6.87. The molecule has 0 aliphatic carbocycles. The highest BCUT2D eigenvalue weighted by Gasteiger charge is 2.56. The molecule has 40 heavy (non-hydrogen) atoms. The van der Waals surface area contributed by atoms with Gasteiger partial charge in [-0.2, -0.15) is 0 Å². The van der Waals surface area contributed by atoms with Crippen molar-refractivity contribution in [2.45, 2.75) is 48.9 Å². The second kappa shape index (κ2) is 10.3. The number of morpholine rings is 1. The molecule has 2 unspecified atom stereocenters. The van der Waals surface area contributed by atoms with Crippen molar-refractivity contribution in [2.75, 3.05) is 31.2 Å². The minimum Gasteiger partial charge on any atom is -0.378 e. The van der Waals surface area contributed by atoms with E-state index in [0.29, 0.717) is 37.0 Å².